The van der Waals surface area contributed by atoms with E-state index in [4.69, 9.17) is 28.2 Å². The monoisotopic (exact) mass is 738 g/mol. The highest BCUT2D eigenvalue weighted by Crippen LogP contribution is 2.69. The maximum atomic E-state index is 12.4. The number of carbonyl (C=O) groups is 1. The van der Waals surface area contributed by atoms with E-state index < -0.39 is 46.4 Å². The van der Waals surface area contributed by atoms with E-state index in [0.29, 0.717) is 30.6 Å². The average Bonchev–Trinajstić information content (AvgIpc) is 3.25. The SMILES string of the molecule is C[C@H]1C(O[C@@H]2CC[C@@]3(C)C(CC(OS(=O)(=O)O)C4C3CC[C@@]3(C)C4CC[C@@H]3[C@H](C)CCC(=O)O)C2)OC2O[C@]3(C)CCC4[C@H](C)CCC1[C@@]24OO3. The van der Waals surface area contributed by atoms with Gasteiger partial charge in [0.1, 0.15) is 0 Å². The first-order valence-electron chi connectivity index (χ1n) is 20.2. The lowest BCUT2D eigenvalue weighted by atomic mass is 9.43. The molecule has 5 aliphatic carbocycles. The fraction of sp³-hybridized carbons (Fsp3) is 0.974. The molecule has 51 heavy (non-hydrogen) atoms. The van der Waals surface area contributed by atoms with Crippen LogP contribution in [0.15, 0.2) is 0 Å². The summed E-state index contributed by atoms with van der Waals surface area (Å²) in [5.74, 6) is 0.823. The maximum absolute atomic E-state index is 12.4. The van der Waals surface area contributed by atoms with Crippen molar-refractivity contribution in [2.24, 2.45) is 70.0 Å². The van der Waals surface area contributed by atoms with E-state index in [2.05, 4.69) is 34.6 Å². The summed E-state index contributed by atoms with van der Waals surface area (Å²) in [4.78, 5) is 23.7. The van der Waals surface area contributed by atoms with Crippen LogP contribution in [-0.4, -0.2) is 60.2 Å². The summed E-state index contributed by atoms with van der Waals surface area (Å²) in [6.45, 7) is 13.4. The van der Waals surface area contributed by atoms with E-state index in [1.807, 2.05) is 6.92 Å². The quantitative estimate of drug-likeness (QED) is 0.145. The third kappa shape index (κ3) is 5.98. The second kappa shape index (κ2) is 12.8. The smallest absolute Gasteiger partial charge is 0.397 e. The van der Waals surface area contributed by atoms with Crippen molar-refractivity contribution in [2.75, 3.05) is 0 Å². The molecule has 0 radical (unpaired) electrons. The number of hydrogen-bond acceptors (Lipinski definition) is 9. The van der Waals surface area contributed by atoms with Crippen molar-refractivity contribution in [3.05, 3.63) is 0 Å². The second-order valence-corrected chi connectivity index (χ2v) is 20.3. The number of fused-ring (bicyclic) bond motifs is 7. The van der Waals surface area contributed by atoms with Gasteiger partial charge >= 0.3 is 16.4 Å². The molecule has 0 amide bonds. The van der Waals surface area contributed by atoms with Gasteiger partial charge in [-0.05, 0) is 142 Å². The summed E-state index contributed by atoms with van der Waals surface area (Å²) in [5.41, 5.74) is -0.660. The van der Waals surface area contributed by atoms with E-state index in [9.17, 15) is 22.9 Å². The third-order valence-electron chi connectivity index (χ3n) is 16.9. The zero-order valence-electron chi connectivity index (χ0n) is 31.5. The Bertz CT molecular complexity index is 1460. The number of ether oxygens (including phenoxy) is 3. The number of hydrogen-bond donors (Lipinski definition) is 2. The predicted molar refractivity (Wildman–Crippen MR) is 185 cm³/mol. The van der Waals surface area contributed by atoms with Gasteiger partial charge in [0.05, 0.1) is 12.2 Å². The molecule has 9 fully saturated rings. The van der Waals surface area contributed by atoms with E-state index in [1.165, 1.54) is 0 Å². The number of carboxylic acids is 1. The summed E-state index contributed by atoms with van der Waals surface area (Å²) in [7, 11) is -4.66. The van der Waals surface area contributed by atoms with Crippen molar-refractivity contribution in [1.82, 2.24) is 0 Å². The molecule has 4 heterocycles. The van der Waals surface area contributed by atoms with E-state index >= 15 is 0 Å². The molecule has 12 heteroatoms. The second-order valence-electron chi connectivity index (χ2n) is 19.2. The molecular weight excluding hydrogens is 676 g/mol. The first-order valence-corrected chi connectivity index (χ1v) is 21.6. The van der Waals surface area contributed by atoms with Crippen molar-refractivity contribution >= 4 is 16.4 Å². The molecule has 9 unspecified atom stereocenters. The molecule has 18 atom stereocenters. The molecule has 4 aliphatic heterocycles. The lowest BCUT2D eigenvalue weighted by Crippen LogP contribution is -2.70. The topological polar surface area (TPSA) is 147 Å². The van der Waals surface area contributed by atoms with Gasteiger partial charge in [-0.25, -0.2) is 14.0 Å². The Morgan fingerprint density at radius 3 is 2.33 bits per heavy atom. The minimum atomic E-state index is -4.66. The van der Waals surface area contributed by atoms with Crippen LogP contribution in [0.25, 0.3) is 0 Å². The lowest BCUT2D eigenvalue weighted by Gasteiger charge is -2.63. The first kappa shape index (κ1) is 37.1. The molecule has 9 aliphatic rings. The zero-order chi connectivity index (χ0) is 36.3. The standard InChI is InChI=1S/C39H62O11S/c1-21(8-12-32(40)41)26-10-11-29-33-30(14-17-37(26,29)5)36(4)16-13-25(19-24(36)20-31(33)48-51(42,43)44)45-34-23(3)28-9-7-22(2)27-15-18-38(6)47-35(46-34)39(27,28)50-49-38/h21-31,33-35H,7-20H2,1-6H3,(H,40,41)(H,42,43,44)/t21-,22-,23-,24?,25-,26-,27?,28?,29?,30?,31?,33?,34?,35?,36+,37-,38+,39-/m1/s1. The highest BCUT2D eigenvalue weighted by Gasteiger charge is 2.70. The van der Waals surface area contributed by atoms with Gasteiger partial charge in [-0.3, -0.25) is 9.35 Å². The highest BCUT2D eigenvalue weighted by atomic mass is 32.3. The summed E-state index contributed by atoms with van der Waals surface area (Å²) in [6.07, 6.45) is 10.3. The van der Waals surface area contributed by atoms with Crippen LogP contribution in [-0.2, 0) is 43.4 Å². The fourth-order valence-corrected chi connectivity index (χ4v) is 14.8. The van der Waals surface area contributed by atoms with Crippen LogP contribution in [0, 0.1) is 70.0 Å². The molecule has 11 nitrogen and oxygen atoms in total. The van der Waals surface area contributed by atoms with Crippen LogP contribution in [0.3, 0.4) is 0 Å². The molecule has 5 saturated carbocycles. The molecule has 4 saturated heterocycles. The van der Waals surface area contributed by atoms with Crippen LogP contribution in [0.4, 0.5) is 0 Å². The van der Waals surface area contributed by atoms with Crippen LogP contribution >= 0.6 is 0 Å². The van der Waals surface area contributed by atoms with E-state index in [0.717, 1.165) is 70.6 Å². The van der Waals surface area contributed by atoms with Crippen molar-refractivity contribution < 1.29 is 51.0 Å². The Morgan fingerprint density at radius 1 is 0.882 bits per heavy atom. The summed E-state index contributed by atoms with van der Waals surface area (Å²) in [5, 5.41) is 9.36. The Hall–Kier alpha value is -0.860. The molecular formula is C39H62O11S. The fourth-order valence-electron chi connectivity index (χ4n) is 14.3. The highest BCUT2D eigenvalue weighted by molar-refractivity contribution is 7.80. The molecule has 2 bridgehead atoms. The van der Waals surface area contributed by atoms with Gasteiger partial charge < -0.3 is 19.3 Å². The molecule has 0 aromatic carbocycles. The normalized spacial score (nSPS) is 54.0. The van der Waals surface area contributed by atoms with Gasteiger partial charge in [0.2, 0.25) is 5.79 Å². The van der Waals surface area contributed by atoms with E-state index in [-0.39, 0.29) is 64.8 Å². The van der Waals surface area contributed by atoms with Gasteiger partial charge in [-0.2, -0.15) is 8.42 Å². The van der Waals surface area contributed by atoms with Crippen LogP contribution in [0.2, 0.25) is 0 Å². The Balaban J connectivity index is 1.01. The predicted octanol–water partition coefficient (Wildman–Crippen LogP) is 7.54. The van der Waals surface area contributed by atoms with Crippen molar-refractivity contribution in [1.29, 1.82) is 0 Å². The average molecular weight is 739 g/mol. The van der Waals surface area contributed by atoms with E-state index in [1.54, 1.807) is 0 Å². The van der Waals surface area contributed by atoms with Gasteiger partial charge in [-0.1, -0.05) is 34.6 Å². The van der Waals surface area contributed by atoms with Gasteiger partial charge in [0.25, 0.3) is 0 Å². The largest absolute Gasteiger partial charge is 0.481 e. The minimum Gasteiger partial charge on any atom is -0.481 e. The van der Waals surface area contributed by atoms with Gasteiger partial charge in [-0.15, -0.1) is 0 Å². The number of carboxylic acid groups (broad SMARTS) is 1. The molecule has 290 valence electrons. The summed E-state index contributed by atoms with van der Waals surface area (Å²) < 4.78 is 60.9. The zero-order valence-corrected chi connectivity index (χ0v) is 32.3. The van der Waals surface area contributed by atoms with Gasteiger partial charge in [0, 0.05) is 24.7 Å². The Labute approximate surface area is 304 Å². The molecule has 9 rings (SSSR count). The van der Waals surface area contributed by atoms with Crippen LogP contribution < -0.4 is 0 Å². The van der Waals surface area contributed by atoms with Crippen molar-refractivity contribution in [2.45, 2.75) is 168 Å². The maximum Gasteiger partial charge on any atom is 0.397 e. The number of aliphatic carboxylic acids is 1. The van der Waals surface area contributed by atoms with Crippen LogP contribution in [0.1, 0.15) is 131 Å². The summed E-state index contributed by atoms with van der Waals surface area (Å²) >= 11 is 0. The lowest BCUT2D eigenvalue weighted by molar-refractivity contribution is -0.578. The molecule has 1 spiro atoms. The molecule has 0 aromatic rings. The number of rotatable bonds is 8. The Morgan fingerprint density at radius 2 is 1.59 bits per heavy atom. The van der Waals surface area contributed by atoms with Crippen molar-refractivity contribution in [3.63, 3.8) is 0 Å². The van der Waals surface area contributed by atoms with Gasteiger partial charge in [0.15, 0.2) is 18.2 Å². The first-order chi connectivity index (χ1) is 24.0. The van der Waals surface area contributed by atoms with Crippen molar-refractivity contribution in [3.8, 4) is 0 Å². The molecule has 0 aromatic heterocycles. The Kier molecular flexibility index (Phi) is 9.34. The minimum absolute atomic E-state index is 0.00289. The third-order valence-corrected chi connectivity index (χ3v) is 17.3. The van der Waals surface area contributed by atoms with Crippen LogP contribution in [0.5, 0.6) is 0 Å². The summed E-state index contributed by atoms with van der Waals surface area (Å²) in [6, 6.07) is 0. The molecule has 2 N–H and O–H groups in total.